The molecule has 0 amide bonds. The molecule has 0 bridgehead atoms. The summed E-state index contributed by atoms with van der Waals surface area (Å²) in [5.74, 6) is -2.36. The molecule has 8 heteroatoms. The van der Waals surface area contributed by atoms with Crippen molar-refractivity contribution in [2.24, 2.45) is 0 Å². The van der Waals surface area contributed by atoms with Gasteiger partial charge in [-0.25, -0.2) is 9.59 Å². The lowest BCUT2D eigenvalue weighted by atomic mass is 9.79. The van der Waals surface area contributed by atoms with Crippen LogP contribution in [0.1, 0.15) is 18.4 Å². The van der Waals surface area contributed by atoms with E-state index >= 15 is 0 Å². The van der Waals surface area contributed by atoms with Crippen molar-refractivity contribution in [3.63, 3.8) is 0 Å². The number of carbonyl (C=O) groups is 2. The number of carboxylic acids is 1. The molecule has 130 valence electrons. The summed E-state index contributed by atoms with van der Waals surface area (Å²) < 4.78 is 4.96. The third-order valence-corrected chi connectivity index (χ3v) is 3.83. The Morgan fingerprint density at radius 2 is 1.79 bits per heavy atom. The molecule has 0 aliphatic heterocycles. The number of aliphatic carboxylic acids is 1. The van der Waals surface area contributed by atoms with E-state index in [1.165, 1.54) is 18.2 Å². The topological polar surface area (TPSA) is 145 Å². The molecular formula is C16H18O8. The second-order valence-corrected chi connectivity index (χ2v) is 5.70. The molecule has 5 N–H and O–H groups in total. The molecule has 0 unspecified atom stereocenters. The van der Waals surface area contributed by atoms with Crippen LogP contribution in [-0.4, -0.2) is 61.4 Å². The predicted molar refractivity (Wildman–Crippen MR) is 80.9 cm³/mol. The van der Waals surface area contributed by atoms with Gasteiger partial charge in [-0.2, -0.15) is 0 Å². The minimum absolute atomic E-state index is 0.0713. The molecule has 0 spiro atoms. The van der Waals surface area contributed by atoms with E-state index in [1.54, 1.807) is 12.1 Å². The van der Waals surface area contributed by atoms with Gasteiger partial charge in [-0.05, 0) is 23.8 Å². The fraction of sp³-hybridized carbons (Fsp3) is 0.375. The number of hydrogen-bond donors (Lipinski definition) is 5. The molecule has 8 nitrogen and oxygen atoms in total. The number of phenolic OH excluding ortho intramolecular Hbond substituents is 1. The number of carbonyl (C=O) groups excluding carboxylic acids is 1. The Morgan fingerprint density at radius 1 is 1.17 bits per heavy atom. The predicted octanol–water partition coefficient (Wildman–Crippen LogP) is -0.352. The van der Waals surface area contributed by atoms with Crippen LogP contribution in [0.5, 0.6) is 5.75 Å². The van der Waals surface area contributed by atoms with Crippen molar-refractivity contribution in [2.45, 2.75) is 36.8 Å². The fourth-order valence-electron chi connectivity index (χ4n) is 2.48. The van der Waals surface area contributed by atoms with Gasteiger partial charge in [0.2, 0.25) is 0 Å². The zero-order chi connectivity index (χ0) is 17.9. The van der Waals surface area contributed by atoms with Crippen molar-refractivity contribution < 1.29 is 39.9 Å². The molecule has 1 saturated carbocycles. The van der Waals surface area contributed by atoms with Crippen LogP contribution in [0.25, 0.3) is 6.08 Å². The van der Waals surface area contributed by atoms with Gasteiger partial charge in [0.25, 0.3) is 0 Å². The summed E-state index contributed by atoms with van der Waals surface area (Å²) in [7, 11) is 0. The van der Waals surface area contributed by atoms with Crippen molar-refractivity contribution in [3.05, 3.63) is 35.9 Å². The SMILES string of the molecule is O=C(/C=C/c1ccc(O)cc1)O[C@@H]1C[C@](O)(C(=O)O)C[C@@H](O)[C@H]1O. The van der Waals surface area contributed by atoms with Gasteiger partial charge in [0.05, 0.1) is 6.10 Å². The Kier molecular flexibility index (Phi) is 5.23. The van der Waals surface area contributed by atoms with Crippen molar-refractivity contribution >= 4 is 18.0 Å². The number of rotatable bonds is 4. The van der Waals surface area contributed by atoms with E-state index < -0.39 is 48.7 Å². The number of esters is 1. The lowest BCUT2D eigenvalue weighted by molar-refractivity contribution is -0.196. The van der Waals surface area contributed by atoms with Crippen LogP contribution in [-0.2, 0) is 14.3 Å². The van der Waals surface area contributed by atoms with E-state index in [2.05, 4.69) is 0 Å². The Morgan fingerprint density at radius 3 is 2.38 bits per heavy atom. The Balaban J connectivity index is 2.03. The number of aliphatic hydroxyl groups is 3. The molecular weight excluding hydrogens is 320 g/mol. The van der Waals surface area contributed by atoms with Gasteiger partial charge in [0, 0.05) is 18.9 Å². The van der Waals surface area contributed by atoms with Crippen molar-refractivity contribution in [1.29, 1.82) is 0 Å². The summed E-state index contributed by atoms with van der Waals surface area (Å²) in [6.45, 7) is 0. The van der Waals surface area contributed by atoms with Gasteiger partial charge in [-0.3, -0.25) is 0 Å². The van der Waals surface area contributed by atoms with Crippen LogP contribution in [0, 0.1) is 0 Å². The summed E-state index contributed by atoms with van der Waals surface area (Å²) in [6.07, 6.45) is -3.00. The largest absolute Gasteiger partial charge is 0.508 e. The maximum Gasteiger partial charge on any atom is 0.335 e. The Labute approximate surface area is 137 Å². The highest BCUT2D eigenvalue weighted by molar-refractivity contribution is 5.87. The third-order valence-electron chi connectivity index (χ3n) is 3.83. The highest BCUT2D eigenvalue weighted by Crippen LogP contribution is 2.31. The summed E-state index contributed by atoms with van der Waals surface area (Å²) in [5, 5.41) is 47.6. The molecule has 2 rings (SSSR count). The quantitative estimate of drug-likeness (QED) is 0.370. The van der Waals surface area contributed by atoms with Gasteiger partial charge in [0.15, 0.2) is 5.60 Å². The van der Waals surface area contributed by atoms with E-state index in [9.17, 15) is 24.9 Å². The Hall–Kier alpha value is -2.42. The van der Waals surface area contributed by atoms with Crippen molar-refractivity contribution in [2.75, 3.05) is 0 Å². The van der Waals surface area contributed by atoms with Crippen LogP contribution < -0.4 is 0 Å². The molecule has 1 aliphatic carbocycles. The molecule has 1 aliphatic rings. The Bertz CT molecular complexity index is 638. The third kappa shape index (κ3) is 4.10. The van der Waals surface area contributed by atoms with E-state index in [0.717, 1.165) is 6.08 Å². The molecule has 0 radical (unpaired) electrons. The van der Waals surface area contributed by atoms with Crippen LogP contribution in [0.2, 0.25) is 0 Å². The maximum absolute atomic E-state index is 11.8. The first kappa shape index (κ1) is 17.9. The van der Waals surface area contributed by atoms with Crippen LogP contribution >= 0.6 is 0 Å². The first-order valence-electron chi connectivity index (χ1n) is 7.21. The zero-order valence-corrected chi connectivity index (χ0v) is 12.6. The molecule has 1 fully saturated rings. The average molecular weight is 338 g/mol. The second kappa shape index (κ2) is 7.00. The highest BCUT2D eigenvalue weighted by atomic mass is 16.6. The number of aliphatic hydroxyl groups excluding tert-OH is 2. The molecule has 24 heavy (non-hydrogen) atoms. The van der Waals surface area contributed by atoms with Crippen molar-refractivity contribution in [3.8, 4) is 5.75 Å². The summed E-state index contributed by atoms with van der Waals surface area (Å²) in [6, 6.07) is 5.97. The number of hydrogen-bond acceptors (Lipinski definition) is 7. The molecule has 4 atom stereocenters. The maximum atomic E-state index is 11.8. The zero-order valence-electron chi connectivity index (χ0n) is 12.6. The van der Waals surface area contributed by atoms with Gasteiger partial charge < -0.3 is 30.3 Å². The first-order valence-corrected chi connectivity index (χ1v) is 7.21. The second-order valence-electron chi connectivity index (χ2n) is 5.70. The smallest absolute Gasteiger partial charge is 0.335 e. The summed E-state index contributed by atoms with van der Waals surface area (Å²) in [4.78, 5) is 22.9. The van der Waals surface area contributed by atoms with E-state index in [4.69, 9.17) is 14.9 Å². The van der Waals surface area contributed by atoms with Crippen LogP contribution in [0.15, 0.2) is 30.3 Å². The standard InChI is InChI=1S/C16H18O8/c17-10-4-1-9(2-5-10)3-6-13(19)24-12-8-16(23,15(21)22)7-11(18)14(12)20/h1-6,11-12,14,17-18,20,23H,7-8H2,(H,21,22)/b6-3+/t11-,12-,14-,16+/m1/s1. The molecule has 1 aromatic carbocycles. The monoisotopic (exact) mass is 338 g/mol. The van der Waals surface area contributed by atoms with E-state index in [1.807, 2.05) is 0 Å². The average Bonchev–Trinajstić information content (AvgIpc) is 2.51. The number of aromatic hydroxyl groups is 1. The number of benzene rings is 1. The highest BCUT2D eigenvalue weighted by Gasteiger charge is 2.50. The minimum Gasteiger partial charge on any atom is -0.508 e. The van der Waals surface area contributed by atoms with Crippen LogP contribution in [0.3, 0.4) is 0 Å². The number of phenols is 1. The number of carboxylic acid groups (broad SMARTS) is 1. The molecule has 1 aromatic rings. The number of ether oxygens (including phenoxy) is 1. The molecule has 0 aromatic heterocycles. The minimum atomic E-state index is -2.27. The van der Waals surface area contributed by atoms with Gasteiger partial charge in [-0.15, -0.1) is 0 Å². The van der Waals surface area contributed by atoms with Crippen LogP contribution in [0.4, 0.5) is 0 Å². The molecule has 0 heterocycles. The normalized spacial score (nSPS) is 30.2. The molecule has 0 saturated heterocycles. The van der Waals surface area contributed by atoms with E-state index in [0.29, 0.717) is 5.56 Å². The van der Waals surface area contributed by atoms with Gasteiger partial charge >= 0.3 is 11.9 Å². The summed E-state index contributed by atoms with van der Waals surface area (Å²) >= 11 is 0. The lowest BCUT2D eigenvalue weighted by Crippen LogP contribution is -2.57. The summed E-state index contributed by atoms with van der Waals surface area (Å²) in [5.41, 5.74) is -1.67. The van der Waals surface area contributed by atoms with Gasteiger partial charge in [0.1, 0.15) is 18.0 Å². The van der Waals surface area contributed by atoms with Crippen molar-refractivity contribution in [1.82, 2.24) is 0 Å². The lowest BCUT2D eigenvalue weighted by Gasteiger charge is -2.39. The fourth-order valence-corrected chi connectivity index (χ4v) is 2.48. The van der Waals surface area contributed by atoms with E-state index in [-0.39, 0.29) is 5.75 Å². The van der Waals surface area contributed by atoms with Gasteiger partial charge in [-0.1, -0.05) is 12.1 Å². The first-order chi connectivity index (χ1) is 11.2.